The van der Waals surface area contributed by atoms with Crippen LogP contribution in [0.1, 0.15) is 16.1 Å². The van der Waals surface area contributed by atoms with Gasteiger partial charge in [0.2, 0.25) is 5.71 Å². The maximum absolute atomic E-state index is 13.6. The lowest BCUT2D eigenvalue weighted by Gasteiger charge is -2.04. The number of benzene rings is 2. The van der Waals surface area contributed by atoms with Gasteiger partial charge in [0.1, 0.15) is 11.6 Å². The normalized spacial score (nSPS) is 11.0. The predicted molar refractivity (Wildman–Crippen MR) is 97.2 cm³/mol. The van der Waals surface area contributed by atoms with Gasteiger partial charge in [0, 0.05) is 16.5 Å². The van der Waals surface area contributed by atoms with E-state index in [1.54, 1.807) is 32.2 Å². The van der Waals surface area contributed by atoms with Crippen LogP contribution in [0.15, 0.2) is 52.9 Å². The van der Waals surface area contributed by atoms with Crippen molar-refractivity contribution < 1.29 is 18.3 Å². The molecule has 6 heteroatoms. The van der Waals surface area contributed by atoms with E-state index in [2.05, 4.69) is 10.3 Å². The molecule has 1 amide bonds. The molecule has 0 aliphatic carbocycles. The first-order valence-electron chi connectivity index (χ1n) is 7.99. The molecule has 4 rings (SSSR count). The highest BCUT2D eigenvalue weighted by atomic mass is 19.1. The van der Waals surface area contributed by atoms with Crippen molar-refractivity contribution >= 4 is 33.6 Å². The molecule has 5 nitrogen and oxygen atoms in total. The molecular weight excluding hydrogens is 335 g/mol. The third-order valence-corrected chi connectivity index (χ3v) is 4.16. The van der Waals surface area contributed by atoms with Crippen LogP contribution in [-0.2, 0) is 0 Å². The summed E-state index contributed by atoms with van der Waals surface area (Å²) in [5.41, 5.74) is 1.97. The molecule has 0 saturated carbocycles. The molecule has 0 radical (unpaired) electrons. The fourth-order valence-electron chi connectivity index (χ4n) is 2.72. The first-order valence-corrected chi connectivity index (χ1v) is 7.99. The number of aryl methyl sites for hydroxylation is 1. The van der Waals surface area contributed by atoms with Crippen molar-refractivity contribution in [2.24, 2.45) is 0 Å². The highest BCUT2D eigenvalue weighted by Gasteiger charge is 2.15. The van der Waals surface area contributed by atoms with Crippen LogP contribution in [0.2, 0.25) is 0 Å². The van der Waals surface area contributed by atoms with Crippen LogP contribution in [0, 0.1) is 12.7 Å². The zero-order chi connectivity index (χ0) is 18.3. The third kappa shape index (κ3) is 2.86. The average molecular weight is 350 g/mol. The summed E-state index contributed by atoms with van der Waals surface area (Å²) in [6, 6.07) is 13.5. The van der Waals surface area contributed by atoms with E-state index in [9.17, 15) is 9.18 Å². The highest BCUT2D eigenvalue weighted by molar-refractivity contribution is 6.05. The molecule has 130 valence electrons. The van der Waals surface area contributed by atoms with E-state index in [0.717, 1.165) is 16.7 Å². The number of aromatic nitrogens is 1. The SMILES string of the molecule is COc1ccc2nc3oc(C(=O)Nc4ccc(C)c(F)c4)cc3cc2c1. The quantitative estimate of drug-likeness (QED) is 0.582. The number of furan rings is 1. The Morgan fingerprint density at radius 2 is 1.96 bits per heavy atom. The molecule has 1 N–H and O–H groups in total. The number of nitrogens with zero attached hydrogens (tertiary/aromatic N) is 1. The summed E-state index contributed by atoms with van der Waals surface area (Å²) in [5, 5.41) is 4.21. The molecule has 0 spiro atoms. The van der Waals surface area contributed by atoms with Crippen LogP contribution in [-0.4, -0.2) is 18.0 Å². The summed E-state index contributed by atoms with van der Waals surface area (Å²) < 4.78 is 24.4. The maximum atomic E-state index is 13.6. The van der Waals surface area contributed by atoms with Crippen molar-refractivity contribution in [3.05, 3.63) is 65.7 Å². The number of hydrogen-bond acceptors (Lipinski definition) is 4. The molecule has 2 aromatic heterocycles. The first kappa shape index (κ1) is 16.1. The summed E-state index contributed by atoms with van der Waals surface area (Å²) in [6.45, 7) is 1.66. The van der Waals surface area contributed by atoms with E-state index < -0.39 is 5.91 Å². The number of rotatable bonds is 3. The number of anilines is 1. The van der Waals surface area contributed by atoms with E-state index >= 15 is 0 Å². The lowest BCUT2D eigenvalue weighted by Crippen LogP contribution is -2.11. The molecular formula is C20H15FN2O3. The standard InChI is InChI=1S/C20H15FN2O3/c1-11-3-4-14(10-16(11)21)22-19(24)18-9-13-7-12-8-15(25-2)5-6-17(12)23-20(13)26-18/h3-10H,1-2H3,(H,22,24). The van der Waals surface area contributed by atoms with Crippen LogP contribution in [0.4, 0.5) is 10.1 Å². The molecule has 0 bridgehead atoms. The van der Waals surface area contributed by atoms with Crippen molar-refractivity contribution in [3.63, 3.8) is 0 Å². The highest BCUT2D eigenvalue weighted by Crippen LogP contribution is 2.26. The van der Waals surface area contributed by atoms with Gasteiger partial charge in [0.25, 0.3) is 5.91 Å². The number of carbonyl (C=O) groups excluding carboxylic acids is 1. The van der Waals surface area contributed by atoms with Crippen molar-refractivity contribution in [1.82, 2.24) is 4.98 Å². The lowest BCUT2D eigenvalue weighted by molar-refractivity contribution is 0.0998. The van der Waals surface area contributed by atoms with E-state index in [1.807, 2.05) is 24.3 Å². The van der Waals surface area contributed by atoms with Gasteiger partial charge in [-0.25, -0.2) is 9.37 Å². The Kier molecular flexibility index (Phi) is 3.80. The third-order valence-electron chi connectivity index (χ3n) is 4.16. The number of hydrogen-bond donors (Lipinski definition) is 1. The Hall–Kier alpha value is -3.41. The zero-order valence-corrected chi connectivity index (χ0v) is 14.2. The Bertz CT molecular complexity index is 1150. The number of carbonyl (C=O) groups is 1. The van der Waals surface area contributed by atoms with Crippen molar-refractivity contribution in [3.8, 4) is 5.75 Å². The summed E-state index contributed by atoms with van der Waals surface area (Å²) in [5.74, 6) is -0.0144. The van der Waals surface area contributed by atoms with E-state index in [-0.39, 0.29) is 11.6 Å². The van der Waals surface area contributed by atoms with Gasteiger partial charge in [0.05, 0.1) is 12.6 Å². The fraction of sp³-hybridized carbons (Fsp3) is 0.100. The molecule has 4 aromatic rings. The summed E-state index contributed by atoms with van der Waals surface area (Å²) >= 11 is 0. The molecule has 2 aromatic carbocycles. The second-order valence-corrected chi connectivity index (χ2v) is 5.97. The van der Waals surface area contributed by atoms with Crippen LogP contribution < -0.4 is 10.1 Å². The summed E-state index contributed by atoms with van der Waals surface area (Å²) in [4.78, 5) is 16.8. The number of fused-ring (bicyclic) bond motifs is 2. The van der Waals surface area contributed by atoms with E-state index in [1.165, 1.54) is 6.07 Å². The molecule has 26 heavy (non-hydrogen) atoms. The second-order valence-electron chi connectivity index (χ2n) is 5.97. The maximum Gasteiger partial charge on any atom is 0.291 e. The van der Waals surface area contributed by atoms with Gasteiger partial charge in [-0.15, -0.1) is 0 Å². The van der Waals surface area contributed by atoms with Crippen LogP contribution in [0.3, 0.4) is 0 Å². The molecule has 0 saturated heterocycles. The summed E-state index contributed by atoms with van der Waals surface area (Å²) in [6.07, 6.45) is 0. The molecule has 0 aliphatic heterocycles. The number of amides is 1. The number of nitrogens with one attached hydrogen (secondary N) is 1. The van der Waals surface area contributed by atoms with Crippen LogP contribution >= 0.6 is 0 Å². The molecule has 0 aliphatic rings. The van der Waals surface area contributed by atoms with Gasteiger partial charge in [-0.3, -0.25) is 4.79 Å². The Morgan fingerprint density at radius 3 is 2.73 bits per heavy atom. The molecule has 0 unspecified atom stereocenters. The fourth-order valence-corrected chi connectivity index (χ4v) is 2.72. The van der Waals surface area contributed by atoms with Gasteiger partial charge in [-0.2, -0.15) is 0 Å². The van der Waals surface area contributed by atoms with E-state index in [0.29, 0.717) is 22.4 Å². The van der Waals surface area contributed by atoms with Gasteiger partial charge < -0.3 is 14.5 Å². The second kappa shape index (κ2) is 6.15. The Morgan fingerprint density at radius 1 is 1.12 bits per heavy atom. The van der Waals surface area contributed by atoms with Crippen LogP contribution in [0.25, 0.3) is 22.0 Å². The van der Waals surface area contributed by atoms with Gasteiger partial charge in [-0.05, 0) is 55.0 Å². The summed E-state index contributed by atoms with van der Waals surface area (Å²) in [7, 11) is 1.60. The molecule has 2 heterocycles. The number of pyridine rings is 1. The average Bonchev–Trinajstić information content (AvgIpc) is 3.05. The topological polar surface area (TPSA) is 64.4 Å². The van der Waals surface area contributed by atoms with Crippen molar-refractivity contribution in [2.75, 3.05) is 12.4 Å². The van der Waals surface area contributed by atoms with Gasteiger partial charge in [0.15, 0.2) is 5.76 Å². The van der Waals surface area contributed by atoms with Crippen molar-refractivity contribution in [1.29, 1.82) is 0 Å². The Balaban J connectivity index is 1.68. The zero-order valence-electron chi connectivity index (χ0n) is 14.2. The monoisotopic (exact) mass is 350 g/mol. The number of methoxy groups -OCH3 is 1. The van der Waals surface area contributed by atoms with Crippen molar-refractivity contribution in [2.45, 2.75) is 6.92 Å². The number of ether oxygens (including phenoxy) is 1. The van der Waals surface area contributed by atoms with Gasteiger partial charge >= 0.3 is 0 Å². The van der Waals surface area contributed by atoms with Gasteiger partial charge in [-0.1, -0.05) is 6.07 Å². The number of halogens is 1. The van der Waals surface area contributed by atoms with Crippen LogP contribution in [0.5, 0.6) is 5.75 Å². The Labute approximate surface area is 148 Å². The van der Waals surface area contributed by atoms with E-state index in [4.69, 9.17) is 9.15 Å². The molecule has 0 fully saturated rings. The molecule has 0 atom stereocenters. The lowest BCUT2D eigenvalue weighted by atomic mass is 10.2. The smallest absolute Gasteiger partial charge is 0.291 e. The predicted octanol–water partition coefficient (Wildman–Crippen LogP) is 4.69. The largest absolute Gasteiger partial charge is 0.497 e. The minimum Gasteiger partial charge on any atom is -0.497 e. The minimum absolute atomic E-state index is 0.107. The minimum atomic E-state index is -0.465. The first-order chi connectivity index (χ1) is 12.5.